The van der Waals surface area contributed by atoms with E-state index in [2.05, 4.69) is 15.6 Å². The Balaban J connectivity index is 1.48. The lowest BCUT2D eigenvalue weighted by Crippen LogP contribution is -2.36. The molecule has 0 aliphatic carbocycles. The van der Waals surface area contributed by atoms with Crippen LogP contribution in [0.1, 0.15) is 62.4 Å². The van der Waals surface area contributed by atoms with Crippen molar-refractivity contribution >= 4 is 6.09 Å². The number of benzene rings is 1. The SMILES string of the molecule is CC(C)(C)OC(=O)N1CC(OCc2ccc(C(F)(F)F)cc2)C(n2cc(C3CCNCC3)nn2)C1. The van der Waals surface area contributed by atoms with Crippen molar-refractivity contribution in [3.05, 3.63) is 47.3 Å². The van der Waals surface area contributed by atoms with Gasteiger partial charge in [-0.05, 0) is 64.4 Å². The Bertz CT molecular complexity index is 997. The highest BCUT2D eigenvalue weighted by Gasteiger charge is 2.40. The van der Waals surface area contributed by atoms with Crippen LogP contribution in [0, 0.1) is 0 Å². The number of aromatic nitrogens is 3. The molecule has 4 rings (SSSR count). The fraction of sp³-hybridized carbons (Fsp3) is 0.625. The van der Waals surface area contributed by atoms with Gasteiger partial charge in [-0.15, -0.1) is 5.10 Å². The maximum Gasteiger partial charge on any atom is 0.416 e. The van der Waals surface area contributed by atoms with Crippen molar-refractivity contribution in [1.82, 2.24) is 25.2 Å². The summed E-state index contributed by atoms with van der Waals surface area (Å²) >= 11 is 0. The number of ether oxygens (including phenoxy) is 2. The maximum atomic E-state index is 12.9. The smallest absolute Gasteiger partial charge is 0.416 e. The molecular formula is C24H32F3N5O3. The molecule has 1 aromatic carbocycles. The van der Waals surface area contributed by atoms with Crippen LogP contribution in [0.25, 0.3) is 0 Å². The third kappa shape index (κ3) is 6.52. The summed E-state index contributed by atoms with van der Waals surface area (Å²) < 4.78 is 52.0. The molecule has 192 valence electrons. The minimum Gasteiger partial charge on any atom is -0.444 e. The predicted molar refractivity (Wildman–Crippen MR) is 122 cm³/mol. The largest absolute Gasteiger partial charge is 0.444 e. The first-order valence-corrected chi connectivity index (χ1v) is 11.9. The molecule has 0 bridgehead atoms. The molecule has 11 heteroatoms. The van der Waals surface area contributed by atoms with E-state index in [1.165, 1.54) is 12.1 Å². The molecule has 0 saturated carbocycles. The first kappa shape index (κ1) is 25.4. The Morgan fingerprint density at radius 1 is 1.11 bits per heavy atom. The van der Waals surface area contributed by atoms with E-state index < -0.39 is 29.5 Å². The highest BCUT2D eigenvalue weighted by molar-refractivity contribution is 5.68. The number of rotatable bonds is 5. The highest BCUT2D eigenvalue weighted by Crippen LogP contribution is 2.31. The lowest BCUT2D eigenvalue weighted by atomic mass is 9.95. The lowest BCUT2D eigenvalue weighted by Gasteiger charge is -2.24. The van der Waals surface area contributed by atoms with Gasteiger partial charge < -0.3 is 19.7 Å². The molecule has 2 fully saturated rings. The van der Waals surface area contributed by atoms with Gasteiger partial charge in [0.25, 0.3) is 0 Å². The fourth-order valence-corrected chi connectivity index (χ4v) is 4.40. The van der Waals surface area contributed by atoms with Gasteiger partial charge in [0.15, 0.2) is 0 Å². The van der Waals surface area contributed by atoms with Crippen LogP contribution in [0.3, 0.4) is 0 Å². The van der Waals surface area contributed by atoms with Crippen molar-refractivity contribution in [3.8, 4) is 0 Å². The number of piperidine rings is 1. The van der Waals surface area contributed by atoms with Crippen LogP contribution >= 0.6 is 0 Å². The molecule has 0 spiro atoms. The molecule has 3 heterocycles. The summed E-state index contributed by atoms with van der Waals surface area (Å²) in [6.45, 7) is 8.01. The number of hydrogen-bond donors (Lipinski definition) is 1. The van der Waals surface area contributed by atoms with E-state index >= 15 is 0 Å². The van der Waals surface area contributed by atoms with E-state index in [0.29, 0.717) is 18.0 Å². The summed E-state index contributed by atoms with van der Waals surface area (Å²) in [5.74, 6) is 0.333. The maximum absolute atomic E-state index is 12.9. The average molecular weight is 496 g/mol. The predicted octanol–water partition coefficient (Wildman–Crippen LogP) is 4.14. The van der Waals surface area contributed by atoms with Crippen molar-refractivity contribution in [1.29, 1.82) is 0 Å². The van der Waals surface area contributed by atoms with Crippen LogP contribution in [0.4, 0.5) is 18.0 Å². The summed E-state index contributed by atoms with van der Waals surface area (Å²) in [6, 6.07) is 4.60. The number of halogens is 3. The number of hydrogen-bond acceptors (Lipinski definition) is 6. The first-order chi connectivity index (χ1) is 16.5. The number of amides is 1. The van der Waals surface area contributed by atoms with Crippen molar-refractivity contribution in [2.24, 2.45) is 0 Å². The molecule has 2 aliphatic rings. The van der Waals surface area contributed by atoms with Gasteiger partial charge in [-0.25, -0.2) is 9.48 Å². The molecule has 2 saturated heterocycles. The molecule has 35 heavy (non-hydrogen) atoms. The number of nitrogens with zero attached hydrogens (tertiary/aromatic N) is 4. The van der Waals surface area contributed by atoms with Gasteiger partial charge >= 0.3 is 12.3 Å². The Kier molecular flexibility index (Phi) is 7.37. The van der Waals surface area contributed by atoms with Crippen LogP contribution in [-0.2, 0) is 22.3 Å². The number of alkyl halides is 3. The number of nitrogens with one attached hydrogen (secondary N) is 1. The van der Waals surface area contributed by atoms with Crippen molar-refractivity contribution in [3.63, 3.8) is 0 Å². The minimum atomic E-state index is -4.39. The molecule has 2 unspecified atom stereocenters. The standard InChI is InChI=1S/C24H32F3N5O3/c1-23(2,3)35-22(33)31-13-20(32-12-19(29-30-32)17-8-10-28-11-9-17)21(14-31)34-15-16-4-6-18(7-5-16)24(25,26)27/h4-7,12,17,20-21,28H,8-11,13-15H2,1-3H3. The van der Waals surface area contributed by atoms with E-state index in [9.17, 15) is 18.0 Å². The van der Waals surface area contributed by atoms with E-state index in [-0.39, 0.29) is 19.2 Å². The van der Waals surface area contributed by atoms with Crippen LogP contribution in [-0.4, -0.2) is 63.9 Å². The molecule has 8 nitrogen and oxygen atoms in total. The van der Waals surface area contributed by atoms with Crippen LogP contribution < -0.4 is 5.32 Å². The van der Waals surface area contributed by atoms with Gasteiger partial charge in [0.1, 0.15) is 5.60 Å². The second kappa shape index (κ2) is 10.1. The summed E-state index contributed by atoms with van der Waals surface area (Å²) in [5, 5.41) is 12.1. The highest BCUT2D eigenvalue weighted by atomic mass is 19.4. The second-order valence-electron chi connectivity index (χ2n) is 10.1. The van der Waals surface area contributed by atoms with Crippen molar-refractivity contribution in [2.45, 2.75) is 70.1 Å². The van der Waals surface area contributed by atoms with E-state index in [1.54, 1.807) is 30.4 Å². The second-order valence-corrected chi connectivity index (χ2v) is 10.1. The molecule has 0 radical (unpaired) electrons. The molecule has 1 amide bonds. The number of likely N-dealkylation sites (tertiary alicyclic amines) is 1. The molecule has 2 atom stereocenters. The van der Waals surface area contributed by atoms with Crippen LogP contribution in [0.15, 0.2) is 30.5 Å². The normalized spacial score (nSPS) is 21.9. The number of carbonyl (C=O) groups is 1. The van der Waals surface area contributed by atoms with Gasteiger partial charge in [0, 0.05) is 18.7 Å². The van der Waals surface area contributed by atoms with E-state index in [1.807, 2.05) is 6.20 Å². The van der Waals surface area contributed by atoms with Crippen LogP contribution in [0.2, 0.25) is 0 Å². The summed E-state index contributed by atoms with van der Waals surface area (Å²) in [7, 11) is 0. The monoisotopic (exact) mass is 495 g/mol. The van der Waals surface area contributed by atoms with Crippen molar-refractivity contribution in [2.75, 3.05) is 26.2 Å². The molecule has 1 aromatic heterocycles. The minimum absolute atomic E-state index is 0.108. The van der Waals surface area contributed by atoms with Crippen LogP contribution in [0.5, 0.6) is 0 Å². The zero-order valence-electron chi connectivity index (χ0n) is 20.2. The molecule has 1 N–H and O–H groups in total. The Morgan fingerprint density at radius 3 is 2.43 bits per heavy atom. The van der Waals surface area contributed by atoms with Gasteiger partial charge in [-0.1, -0.05) is 17.3 Å². The zero-order valence-corrected chi connectivity index (χ0v) is 20.2. The third-order valence-electron chi connectivity index (χ3n) is 6.26. The Labute approximate surface area is 202 Å². The Morgan fingerprint density at radius 2 is 1.80 bits per heavy atom. The Hall–Kier alpha value is -2.66. The van der Waals surface area contributed by atoms with E-state index in [4.69, 9.17) is 9.47 Å². The average Bonchev–Trinajstić information content (AvgIpc) is 3.44. The molecule has 2 aliphatic heterocycles. The first-order valence-electron chi connectivity index (χ1n) is 11.9. The van der Waals surface area contributed by atoms with Gasteiger partial charge in [-0.2, -0.15) is 13.2 Å². The fourth-order valence-electron chi connectivity index (χ4n) is 4.40. The molecule has 2 aromatic rings. The summed E-state index contributed by atoms with van der Waals surface area (Å²) in [5.41, 5.74) is 0.190. The lowest BCUT2D eigenvalue weighted by molar-refractivity contribution is -0.137. The molecular weight excluding hydrogens is 463 g/mol. The number of carbonyl (C=O) groups excluding carboxylic acids is 1. The third-order valence-corrected chi connectivity index (χ3v) is 6.26. The zero-order chi connectivity index (χ0) is 25.2. The van der Waals surface area contributed by atoms with Gasteiger partial charge in [0.2, 0.25) is 0 Å². The quantitative estimate of drug-likeness (QED) is 0.672. The van der Waals surface area contributed by atoms with Gasteiger partial charge in [0.05, 0.1) is 36.6 Å². The van der Waals surface area contributed by atoms with Gasteiger partial charge in [-0.3, -0.25) is 0 Å². The van der Waals surface area contributed by atoms with Crippen molar-refractivity contribution < 1.29 is 27.4 Å². The van der Waals surface area contributed by atoms with E-state index in [0.717, 1.165) is 43.8 Å². The topological polar surface area (TPSA) is 81.5 Å². The summed E-state index contributed by atoms with van der Waals surface area (Å²) in [6.07, 6.45) is -1.35. The summed E-state index contributed by atoms with van der Waals surface area (Å²) in [4.78, 5) is 14.3.